The molecule has 1 unspecified atom stereocenters. The molecule has 5 nitrogen and oxygen atoms in total. The molecule has 1 aliphatic rings. The van der Waals surface area contributed by atoms with Gasteiger partial charge in [0.15, 0.2) is 17.5 Å². The number of fused-ring (bicyclic) bond motifs is 6. The molecule has 0 aliphatic carbocycles. The first-order chi connectivity index (χ1) is 26.1. The molecular weight excluding hydrogens is 649 g/mol. The number of anilines is 1. The predicted octanol–water partition coefficient (Wildman–Crippen LogP) is 12.2. The van der Waals surface area contributed by atoms with Crippen LogP contribution in [0.2, 0.25) is 0 Å². The Balaban J connectivity index is 1.24. The van der Waals surface area contributed by atoms with Crippen LogP contribution in [0.5, 0.6) is 0 Å². The van der Waals surface area contributed by atoms with E-state index >= 15 is 0 Å². The highest BCUT2D eigenvalue weighted by Gasteiger charge is 2.31. The van der Waals surface area contributed by atoms with E-state index in [4.69, 9.17) is 19.4 Å². The summed E-state index contributed by atoms with van der Waals surface area (Å²) in [6, 6.07) is 55.1. The van der Waals surface area contributed by atoms with Crippen molar-refractivity contribution in [1.82, 2.24) is 15.0 Å². The van der Waals surface area contributed by atoms with E-state index in [-0.39, 0.29) is 6.04 Å². The van der Waals surface area contributed by atoms with E-state index < -0.39 is 0 Å². The van der Waals surface area contributed by atoms with E-state index in [9.17, 15) is 0 Å². The van der Waals surface area contributed by atoms with Gasteiger partial charge in [0.1, 0.15) is 11.2 Å². The molecule has 252 valence electrons. The lowest BCUT2D eigenvalue weighted by molar-refractivity contribution is 0.668. The van der Waals surface area contributed by atoms with Crippen LogP contribution in [0.25, 0.3) is 78.4 Å². The van der Waals surface area contributed by atoms with Crippen LogP contribution in [-0.2, 0) is 0 Å². The van der Waals surface area contributed by atoms with E-state index in [1.807, 2.05) is 6.07 Å². The number of nitrogens with zero attached hydrogens (tertiary/aromatic N) is 3. The molecule has 1 atom stereocenters. The van der Waals surface area contributed by atoms with Gasteiger partial charge < -0.3 is 9.73 Å². The normalized spacial score (nSPS) is 13.4. The molecule has 5 heteroatoms. The molecule has 53 heavy (non-hydrogen) atoms. The van der Waals surface area contributed by atoms with Crippen molar-refractivity contribution >= 4 is 27.6 Å². The number of hydrogen-bond acceptors (Lipinski definition) is 5. The summed E-state index contributed by atoms with van der Waals surface area (Å²) in [5.74, 6) is 1.90. The molecule has 1 aliphatic heterocycles. The van der Waals surface area contributed by atoms with Crippen LogP contribution in [0.4, 0.5) is 5.69 Å². The minimum atomic E-state index is -0.0710. The van der Waals surface area contributed by atoms with Crippen LogP contribution in [0, 0.1) is 13.8 Å². The third-order valence-electron chi connectivity index (χ3n) is 10.3. The van der Waals surface area contributed by atoms with Crippen LogP contribution in [0.15, 0.2) is 162 Å². The smallest absolute Gasteiger partial charge is 0.164 e. The maximum Gasteiger partial charge on any atom is 0.164 e. The summed E-state index contributed by atoms with van der Waals surface area (Å²) in [6.45, 7) is 4.18. The molecule has 0 spiro atoms. The summed E-state index contributed by atoms with van der Waals surface area (Å²) in [7, 11) is 0. The number of nitrogens with one attached hydrogen (secondary N) is 1. The zero-order chi connectivity index (χ0) is 35.5. The SMILES string of the molecule is Cc1ccc(-c2nc(-c3ccc(C)cc3)nc(-c3cccc(-c4c5c(cc6oc7ccccc7c46)C(c4ccccc4)Nc4ccccc4-5)c3)n2)cc1. The number of hydrogen-bond donors (Lipinski definition) is 1. The summed E-state index contributed by atoms with van der Waals surface area (Å²) < 4.78 is 6.65. The van der Waals surface area contributed by atoms with E-state index in [2.05, 4.69) is 171 Å². The van der Waals surface area contributed by atoms with Crippen LogP contribution in [0.1, 0.15) is 28.3 Å². The Hall–Kier alpha value is -6.85. The second kappa shape index (κ2) is 12.4. The molecule has 0 bridgehead atoms. The average molecular weight is 683 g/mol. The Morgan fingerprint density at radius 2 is 1.09 bits per heavy atom. The van der Waals surface area contributed by atoms with Gasteiger partial charge in [-0.1, -0.05) is 145 Å². The molecule has 0 radical (unpaired) electrons. The fourth-order valence-corrected chi connectivity index (χ4v) is 7.66. The van der Waals surface area contributed by atoms with Crippen LogP contribution < -0.4 is 5.32 Å². The standard InChI is InChI=1S/C48H34N4O/c1-29-19-23-32(24-20-29)46-50-47(33-25-21-30(2)22-26-33)52-48(51-46)35-14-10-13-34(27-35)42-43-36-15-6-8-17-39(36)49-45(31-11-4-3-5-12-31)38(43)28-41-44(42)37-16-7-9-18-40(37)53-41/h3-28,45,49H,1-2H3. The first-order valence-electron chi connectivity index (χ1n) is 18.0. The fourth-order valence-electron chi connectivity index (χ4n) is 7.66. The summed E-state index contributed by atoms with van der Waals surface area (Å²) in [5.41, 5.74) is 14.9. The largest absolute Gasteiger partial charge is 0.456 e. The lowest BCUT2D eigenvalue weighted by Crippen LogP contribution is -2.18. The van der Waals surface area contributed by atoms with Gasteiger partial charge in [-0.25, -0.2) is 15.0 Å². The number of benzene rings is 7. The first-order valence-corrected chi connectivity index (χ1v) is 18.0. The molecule has 0 saturated heterocycles. The molecule has 0 fully saturated rings. The van der Waals surface area contributed by atoms with Crippen molar-refractivity contribution in [1.29, 1.82) is 0 Å². The van der Waals surface area contributed by atoms with Crippen LogP contribution in [-0.4, -0.2) is 15.0 Å². The molecule has 7 aromatic carbocycles. The second-order valence-corrected chi connectivity index (χ2v) is 13.8. The minimum Gasteiger partial charge on any atom is -0.456 e. The highest BCUT2D eigenvalue weighted by atomic mass is 16.3. The van der Waals surface area contributed by atoms with Crippen molar-refractivity contribution in [3.63, 3.8) is 0 Å². The van der Waals surface area contributed by atoms with Crippen molar-refractivity contribution in [2.24, 2.45) is 0 Å². The highest BCUT2D eigenvalue weighted by Crippen LogP contribution is 2.52. The van der Waals surface area contributed by atoms with Gasteiger partial charge in [-0.15, -0.1) is 0 Å². The van der Waals surface area contributed by atoms with Gasteiger partial charge in [0.25, 0.3) is 0 Å². The molecular formula is C48H34N4O. The van der Waals surface area contributed by atoms with Gasteiger partial charge in [0, 0.05) is 44.3 Å². The van der Waals surface area contributed by atoms with Gasteiger partial charge in [0.05, 0.1) is 6.04 Å². The molecule has 9 aromatic rings. The Labute approximate surface area is 307 Å². The van der Waals surface area contributed by atoms with E-state index in [1.54, 1.807) is 0 Å². The Morgan fingerprint density at radius 3 is 1.81 bits per heavy atom. The number of furan rings is 1. The topological polar surface area (TPSA) is 63.8 Å². The maximum absolute atomic E-state index is 6.65. The molecule has 0 saturated carbocycles. The maximum atomic E-state index is 6.65. The number of aryl methyl sites for hydroxylation is 2. The monoisotopic (exact) mass is 682 g/mol. The number of para-hydroxylation sites is 2. The molecule has 3 heterocycles. The van der Waals surface area contributed by atoms with E-state index in [0.29, 0.717) is 17.5 Å². The summed E-state index contributed by atoms with van der Waals surface area (Å²) >= 11 is 0. The molecule has 0 amide bonds. The van der Waals surface area contributed by atoms with E-state index in [1.165, 1.54) is 27.8 Å². The highest BCUT2D eigenvalue weighted by molar-refractivity contribution is 6.17. The quantitative estimate of drug-likeness (QED) is 0.196. The van der Waals surface area contributed by atoms with Gasteiger partial charge >= 0.3 is 0 Å². The second-order valence-electron chi connectivity index (χ2n) is 13.8. The Morgan fingerprint density at radius 1 is 0.491 bits per heavy atom. The zero-order valence-electron chi connectivity index (χ0n) is 29.3. The van der Waals surface area contributed by atoms with Crippen molar-refractivity contribution in [3.8, 4) is 56.4 Å². The third-order valence-corrected chi connectivity index (χ3v) is 10.3. The third kappa shape index (κ3) is 5.37. The average Bonchev–Trinajstić information content (AvgIpc) is 3.58. The van der Waals surface area contributed by atoms with Gasteiger partial charge in [-0.05, 0) is 60.4 Å². The number of rotatable bonds is 5. The first kappa shape index (κ1) is 30.9. The minimum absolute atomic E-state index is 0.0710. The summed E-state index contributed by atoms with van der Waals surface area (Å²) in [5, 5.41) is 6.04. The van der Waals surface area contributed by atoms with Crippen molar-refractivity contribution in [2.75, 3.05) is 5.32 Å². The van der Waals surface area contributed by atoms with Crippen molar-refractivity contribution in [2.45, 2.75) is 19.9 Å². The van der Waals surface area contributed by atoms with Crippen LogP contribution >= 0.6 is 0 Å². The summed E-state index contributed by atoms with van der Waals surface area (Å²) in [4.78, 5) is 15.2. The van der Waals surface area contributed by atoms with E-state index in [0.717, 1.165) is 61.0 Å². The lowest BCUT2D eigenvalue weighted by Gasteiger charge is -2.32. The Bertz CT molecular complexity index is 2760. The lowest BCUT2D eigenvalue weighted by atomic mass is 9.80. The molecule has 10 rings (SSSR count). The molecule has 2 aromatic heterocycles. The Kier molecular flexibility index (Phi) is 7.25. The predicted molar refractivity (Wildman–Crippen MR) is 216 cm³/mol. The van der Waals surface area contributed by atoms with Gasteiger partial charge in [-0.3, -0.25) is 0 Å². The van der Waals surface area contributed by atoms with Crippen molar-refractivity contribution < 1.29 is 4.42 Å². The fraction of sp³-hybridized carbons (Fsp3) is 0.0625. The number of aromatic nitrogens is 3. The van der Waals surface area contributed by atoms with Crippen LogP contribution in [0.3, 0.4) is 0 Å². The molecule has 1 N–H and O–H groups in total. The zero-order valence-corrected chi connectivity index (χ0v) is 29.3. The summed E-state index contributed by atoms with van der Waals surface area (Å²) in [6.07, 6.45) is 0. The van der Waals surface area contributed by atoms with Gasteiger partial charge in [0.2, 0.25) is 0 Å². The van der Waals surface area contributed by atoms with Gasteiger partial charge in [-0.2, -0.15) is 0 Å². The van der Waals surface area contributed by atoms with Crippen molar-refractivity contribution in [3.05, 3.63) is 180 Å².